The largest absolute Gasteiger partial charge is 0.507 e. The Morgan fingerprint density at radius 2 is 1.94 bits per heavy atom. The Morgan fingerprint density at radius 1 is 1.12 bits per heavy atom. The highest BCUT2D eigenvalue weighted by Crippen LogP contribution is 2.28. The zero-order chi connectivity index (χ0) is 23.1. The predicted octanol–water partition coefficient (Wildman–Crippen LogP) is 3.43. The number of methoxy groups -OCH3 is 2. The molecule has 9 heteroatoms. The molecule has 3 aromatic rings. The van der Waals surface area contributed by atoms with Gasteiger partial charge in [-0.25, -0.2) is 10.2 Å². The Labute approximate surface area is 184 Å². The molecular formula is C23H22N2O7. The van der Waals surface area contributed by atoms with Crippen molar-refractivity contribution in [2.24, 2.45) is 5.10 Å². The molecule has 0 spiro atoms. The molecule has 2 N–H and O–H groups in total. The number of hydrogen-bond acceptors (Lipinski definition) is 8. The van der Waals surface area contributed by atoms with Gasteiger partial charge in [0.25, 0.3) is 5.91 Å². The fraction of sp³-hybridized carbons (Fsp3) is 0.174. The molecule has 32 heavy (non-hydrogen) atoms. The van der Waals surface area contributed by atoms with Gasteiger partial charge in [-0.1, -0.05) is 12.1 Å². The molecule has 0 saturated carbocycles. The summed E-state index contributed by atoms with van der Waals surface area (Å²) in [6.07, 6.45) is 1.44. The van der Waals surface area contributed by atoms with E-state index in [1.165, 1.54) is 32.6 Å². The number of aryl methyl sites for hydroxylation is 1. The minimum Gasteiger partial charge on any atom is -0.507 e. The maximum Gasteiger partial charge on any atom is 0.373 e. The van der Waals surface area contributed by atoms with Gasteiger partial charge in [0, 0.05) is 0 Å². The third kappa shape index (κ3) is 5.25. The average Bonchev–Trinajstić information content (AvgIpc) is 3.28. The van der Waals surface area contributed by atoms with E-state index in [2.05, 4.69) is 15.3 Å². The minimum absolute atomic E-state index is 0.0802. The molecule has 3 rings (SSSR count). The molecule has 0 unspecified atom stereocenters. The summed E-state index contributed by atoms with van der Waals surface area (Å²) in [7, 11) is 2.77. The third-order valence-corrected chi connectivity index (χ3v) is 4.47. The summed E-state index contributed by atoms with van der Waals surface area (Å²) in [6.45, 7) is 1.78. The van der Waals surface area contributed by atoms with E-state index in [9.17, 15) is 14.7 Å². The first-order chi connectivity index (χ1) is 15.4. The number of hydrazone groups is 1. The molecule has 0 aliphatic heterocycles. The van der Waals surface area contributed by atoms with Crippen LogP contribution in [0.15, 0.2) is 58.0 Å². The second-order valence-electron chi connectivity index (χ2n) is 6.63. The highest BCUT2D eigenvalue weighted by Gasteiger charge is 2.13. The minimum atomic E-state index is -0.567. The van der Waals surface area contributed by atoms with E-state index in [4.69, 9.17) is 13.9 Å². The van der Waals surface area contributed by atoms with E-state index >= 15 is 0 Å². The molecule has 0 atom stereocenters. The maximum absolute atomic E-state index is 12.2. The Balaban J connectivity index is 1.63. The van der Waals surface area contributed by atoms with Crippen LogP contribution in [0.4, 0.5) is 0 Å². The van der Waals surface area contributed by atoms with Gasteiger partial charge >= 0.3 is 5.97 Å². The van der Waals surface area contributed by atoms with Gasteiger partial charge in [-0.05, 0) is 54.4 Å². The van der Waals surface area contributed by atoms with Crippen molar-refractivity contribution in [3.05, 3.63) is 76.7 Å². The van der Waals surface area contributed by atoms with Crippen molar-refractivity contribution < 1.29 is 33.3 Å². The number of nitrogens with zero attached hydrogens (tertiary/aromatic N) is 1. The standard InChI is InChI=1S/C23H22N2O7/c1-14-5-4-6-17(21(14)26)22(27)25-24-12-15-7-9-18(20(11-15)29-2)31-13-16-8-10-19(32-16)23(28)30-3/h4-12,26H,13H2,1-3H3,(H,25,27)/b24-12+. The lowest BCUT2D eigenvalue weighted by molar-refractivity contribution is 0.0560. The number of phenolic OH excluding ortho intramolecular Hbond substituents is 1. The summed E-state index contributed by atoms with van der Waals surface area (Å²) in [5.41, 5.74) is 3.76. The van der Waals surface area contributed by atoms with E-state index < -0.39 is 11.9 Å². The summed E-state index contributed by atoms with van der Waals surface area (Å²) in [6, 6.07) is 13.1. The number of aromatic hydroxyl groups is 1. The smallest absolute Gasteiger partial charge is 0.373 e. The number of para-hydroxylation sites is 1. The van der Waals surface area contributed by atoms with E-state index in [-0.39, 0.29) is 23.7 Å². The van der Waals surface area contributed by atoms with E-state index in [0.717, 1.165) is 0 Å². The van der Waals surface area contributed by atoms with E-state index in [1.54, 1.807) is 43.3 Å². The average molecular weight is 438 g/mol. The van der Waals surface area contributed by atoms with Gasteiger partial charge < -0.3 is 23.7 Å². The SMILES string of the molecule is COC(=O)c1ccc(COc2ccc(/C=N/NC(=O)c3cccc(C)c3O)cc2OC)o1. The number of nitrogens with one attached hydrogen (secondary N) is 1. The van der Waals surface area contributed by atoms with Gasteiger partial charge in [0.05, 0.1) is 26.0 Å². The van der Waals surface area contributed by atoms with Crippen LogP contribution in [0.1, 0.15) is 37.8 Å². The highest BCUT2D eigenvalue weighted by atomic mass is 16.5. The highest BCUT2D eigenvalue weighted by molar-refractivity contribution is 5.97. The first-order valence-corrected chi connectivity index (χ1v) is 9.52. The normalized spacial score (nSPS) is 10.7. The third-order valence-electron chi connectivity index (χ3n) is 4.47. The van der Waals surface area contributed by atoms with Crippen molar-refractivity contribution in [3.8, 4) is 17.2 Å². The van der Waals surface area contributed by atoms with Crippen LogP contribution in [0.3, 0.4) is 0 Å². The molecule has 1 amide bonds. The molecule has 0 bridgehead atoms. The Bertz CT molecular complexity index is 1150. The lowest BCUT2D eigenvalue weighted by Crippen LogP contribution is -2.17. The fourth-order valence-corrected chi connectivity index (χ4v) is 2.77. The van der Waals surface area contributed by atoms with Gasteiger partial charge in [-0.2, -0.15) is 5.10 Å². The van der Waals surface area contributed by atoms with E-state index in [1.807, 2.05) is 0 Å². The molecule has 1 heterocycles. The number of rotatable bonds is 8. The van der Waals surface area contributed by atoms with Crippen LogP contribution in [0.2, 0.25) is 0 Å². The van der Waals surface area contributed by atoms with Crippen LogP contribution in [-0.4, -0.2) is 37.4 Å². The van der Waals surface area contributed by atoms with Gasteiger partial charge in [0.15, 0.2) is 11.5 Å². The summed E-state index contributed by atoms with van der Waals surface area (Å²) in [5, 5.41) is 13.9. The Hall–Kier alpha value is -4.27. The van der Waals surface area contributed by atoms with Crippen LogP contribution in [0.25, 0.3) is 0 Å². The molecule has 166 valence electrons. The van der Waals surface area contributed by atoms with Gasteiger partial charge in [-0.15, -0.1) is 0 Å². The van der Waals surface area contributed by atoms with E-state index in [0.29, 0.717) is 28.4 Å². The molecule has 0 aliphatic rings. The lowest BCUT2D eigenvalue weighted by Gasteiger charge is -2.10. The quantitative estimate of drug-likeness (QED) is 0.314. The zero-order valence-corrected chi connectivity index (χ0v) is 17.7. The van der Waals surface area contributed by atoms with Gasteiger partial charge in [0.2, 0.25) is 5.76 Å². The second-order valence-corrected chi connectivity index (χ2v) is 6.63. The molecule has 9 nitrogen and oxygen atoms in total. The van der Waals surface area contributed by atoms with Crippen LogP contribution >= 0.6 is 0 Å². The fourth-order valence-electron chi connectivity index (χ4n) is 2.77. The number of furan rings is 1. The van der Waals surface area contributed by atoms with Crippen LogP contribution < -0.4 is 14.9 Å². The van der Waals surface area contributed by atoms with Gasteiger partial charge in [0.1, 0.15) is 18.1 Å². The van der Waals surface area contributed by atoms with Gasteiger partial charge in [-0.3, -0.25) is 4.79 Å². The van der Waals surface area contributed by atoms with Crippen molar-refractivity contribution in [2.75, 3.05) is 14.2 Å². The molecule has 0 aliphatic carbocycles. The summed E-state index contributed by atoms with van der Waals surface area (Å²) in [5.74, 6) is 0.247. The zero-order valence-electron chi connectivity index (χ0n) is 17.7. The molecule has 1 aromatic heterocycles. The molecule has 0 saturated heterocycles. The summed E-state index contributed by atoms with van der Waals surface area (Å²) < 4.78 is 21.0. The number of esters is 1. The number of carbonyl (C=O) groups is 2. The van der Waals surface area contributed by atoms with Crippen LogP contribution in [0.5, 0.6) is 17.2 Å². The first kappa shape index (κ1) is 22.4. The second kappa shape index (κ2) is 10.2. The first-order valence-electron chi connectivity index (χ1n) is 9.52. The number of carbonyl (C=O) groups excluding carboxylic acids is 2. The number of hydrogen-bond donors (Lipinski definition) is 2. The number of phenols is 1. The summed E-state index contributed by atoms with van der Waals surface area (Å²) in [4.78, 5) is 23.7. The van der Waals surface area contributed by atoms with Crippen LogP contribution in [-0.2, 0) is 11.3 Å². The van der Waals surface area contributed by atoms with Crippen molar-refractivity contribution >= 4 is 18.1 Å². The monoisotopic (exact) mass is 438 g/mol. The van der Waals surface area contributed by atoms with Crippen molar-refractivity contribution in [1.82, 2.24) is 5.43 Å². The Morgan fingerprint density at radius 3 is 2.69 bits per heavy atom. The maximum atomic E-state index is 12.2. The molecule has 0 radical (unpaired) electrons. The summed E-state index contributed by atoms with van der Waals surface area (Å²) >= 11 is 0. The van der Waals surface area contributed by atoms with Crippen molar-refractivity contribution in [2.45, 2.75) is 13.5 Å². The topological polar surface area (TPSA) is 120 Å². The predicted molar refractivity (Wildman–Crippen MR) is 115 cm³/mol. The number of ether oxygens (including phenoxy) is 3. The van der Waals surface area contributed by atoms with Crippen molar-refractivity contribution in [3.63, 3.8) is 0 Å². The van der Waals surface area contributed by atoms with Crippen LogP contribution in [0, 0.1) is 6.92 Å². The number of benzene rings is 2. The molecular weight excluding hydrogens is 416 g/mol. The molecule has 2 aromatic carbocycles. The Kier molecular flexibility index (Phi) is 7.12. The lowest BCUT2D eigenvalue weighted by atomic mass is 10.1. The molecule has 0 fully saturated rings. The number of amides is 1. The van der Waals surface area contributed by atoms with Crippen molar-refractivity contribution in [1.29, 1.82) is 0 Å².